The van der Waals surface area contributed by atoms with Gasteiger partial charge in [-0.05, 0) is 42.5 Å². The van der Waals surface area contributed by atoms with E-state index in [2.05, 4.69) is 18.4 Å². The normalized spacial score (nSPS) is 16.9. The predicted molar refractivity (Wildman–Crippen MR) is 92.0 cm³/mol. The van der Waals surface area contributed by atoms with E-state index in [0.29, 0.717) is 28.6 Å². The molecule has 0 saturated heterocycles. The van der Waals surface area contributed by atoms with E-state index in [1.54, 1.807) is 23.5 Å². The lowest BCUT2D eigenvalue weighted by molar-refractivity contribution is 0.0679. The second-order valence-corrected chi connectivity index (χ2v) is 6.83. The van der Waals surface area contributed by atoms with Crippen LogP contribution in [0.4, 0.5) is 0 Å². The van der Waals surface area contributed by atoms with Crippen LogP contribution in [0.25, 0.3) is 0 Å². The number of benzene rings is 1. The molecule has 122 valence electrons. The van der Waals surface area contributed by atoms with Crippen LogP contribution in [0.2, 0.25) is 5.02 Å². The third-order valence-corrected chi connectivity index (χ3v) is 5.50. The van der Waals surface area contributed by atoms with Gasteiger partial charge in [0.05, 0.1) is 25.3 Å². The predicted octanol–water partition coefficient (Wildman–Crippen LogP) is 4.18. The Hall–Kier alpha value is -1.72. The summed E-state index contributed by atoms with van der Waals surface area (Å²) in [6.07, 6.45) is 0.893. The molecule has 1 amide bonds. The number of carbonyl (C=O) groups is 1. The van der Waals surface area contributed by atoms with Crippen LogP contribution < -0.4 is 9.47 Å². The van der Waals surface area contributed by atoms with Gasteiger partial charge in [-0.3, -0.25) is 4.79 Å². The van der Waals surface area contributed by atoms with Crippen LogP contribution in [-0.4, -0.2) is 31.6 Å². The third-order valence-electron chi connectivity index (χ3n) is 4.22. The largest absolute Gasteiger partial charge is 0.493 e. The highest BCUT2D eigenvalue weighted by Crippen LogP contribution is 2.38. The monoisotopic (exact) mass is 351 g/mol. The van der Waals surface area contributed by atoms with E-state index < -0.39 is 0 Å². The Morgan fingerprint density at radius 3 is 2.83 bits per heavy atom. The van der Waals surface area contributed by atoms with E-state index in [1.165, 1.54) is 24.7 Å². The maximum atomic E-state index is 12.9. The zero-order chi connectivity index (χ0) is 16.6. The molecule has 0 fully saturated rings. The van der Waals surface area contributed by atoms with Crippen LogP contribution in [0, 0.1) is 0 Å². The fraction of sp³-hybridized carbons (Fsp3) is 0.353. The molecule has 23 heavy (non-hydrogen) atoms. The van der Waals surface area contributed by atoms with Crippen LogP contribution in [0.1, 0.15) is 33.8 Å². The van der Waals surface area contributed by atoms with Crippen molar-refractivity contribution in [3.8, 4) is 11.5 Å². The minimum absolute atomic E-state index is 0.0443. The van der Waals surface area contributed by atoms with Crippen LogP contribution in [0.15, 0.2) is 23.6 Å². The molecule has 4 nitrogen and oxygen atoms in total. The lowest BCUT2D eigenvalue weighted by Gasteiger charge is -2.34. The molecule has 0 N–H and O–H groups in total. The van der Waals surface area contributed by atoms with Crippen molar-refractivity contribution < 1.29 is 14.3 Å². The number of halogens is 1. The van der Waals surface area contributed by atoms with Gasteiger partial charge >= 0.3 is 0 Å². The highest BCUT2D eigenvalue weighted by atomic mass is 35.5. The second kappa shape index (κ2) is 6.42. The van der Waals surface area contributed by atoms with E-state index >= 15 is 0 Å². The van der Waals surface area contributed by atoms with Crippen molar-refractivity contribution >= 4 is 28.8 Å². The quantitative estimate of drug-likeness (QED) is 0.832. The molecular formula is C17H18ClNO3S. The van der Waals surface area contributed by atoms with E-state index in [0.717, 1.165) is 6.42 Å². The maximum absolute atomic E-state index is 12.9. The average Bonchev–Trinajstić information content (AvgIpc) is 3.03. The van der Waals surface area contributed by atoms with Gasteiger partial charge in [0.25, 0.3) is 5.91 Å². The lowest BCUT2D eigenvalue weighted by atomic mass is 10.00. The fourth-order valence-electron chi connectivity index (χ4n) is 2.99. The van der Waals surface area contributed by atoms with Crippen molar-refractivity contribution in [2.24, 2.45) is 0 Å². The maximum Gasteiger partial charge on any atom is 0.254 e. The number of fused-ring (bicyclic) bond motifs is 1. The molecule has 0 unspecified atom stereocenters. The first-order chi connectivity index (χ1) is 11.1. The summed E-state index contributed by atoms with van der Waals surface area (Å²) in [5, 5.41) is 2.46. The summed E-state index contributed by atoms with van der Waals surface area (Å²) in [5.41, 5.74) is 1.75. The number of rotatable bonds is 3. The number of methoxy groups -OCH3 is 2. The van der Waals surface area contributed by atoms with E-state index in [4.69, 9.17) is 21.1 Å². The van der Waals surface area contributed by atoms with Gasteiger partial charge < -0.3 is 14.4 Å². The number of nitrogens with zero attached hydrogens (tertiary/aromatic N) is 1. The summed E-state index contributed by atoms with van der Waals surface area (Å²) in [6, 6.07) is 5.49. The number of ether oxygens (including phenoxy) is 2. The zero-order valence-electron chi connectivity index (χ0n) is 13.3. The molecule has 0 bridgehead atoms. The van der Waals surface area contributed by atoms with Gasteiger partial charge in [0, 0.05) is 17.0 Å². The first-order valence-electron chi connectivity index (χ1n) is 7.35. The standard InChI is InChI=1S/C17H18ClNO3S/c1-10-12-5-7-23-15(12)4-6-19(10)17(20)11-8-13(18)16(22-3)14(9-11)21-2/h5,7-10H,4,6H2,1-3H3/t10-/m0/s1. The van der Waals surface area contributed by atoms with Crippen molar-refractivity contribution in [1.29, 1.82) is 0 Å². The van der Waals surface area contributed by atoms with Crippen molar-refractivity contribution in [3.63, 3.8) is 0 Å². The number of hydrogen-bond donors (Lipinski definition) is 0. The first kappa shape index (κ1) is 16.1. The van der Waals surface area contributed by atoms with Gasteiger partial charge in [-0.25, -0.2) is 0 Å². The molecular weight excluding hydrogens is 334 g/mol. The van der Waals surface area contributed by atoms with Gasteiger partial charge in [-0.1, -0.05) is 11.6 Å². The summed E-state index contributed by atoms with van der Waals surface area (Å²) < 4.78 is 10.5. The van der Waals surface area contributed by atoms with Gasteiger partial charge in [0.2, 0.25) is 0 Å². The molecule has 0 spiro atoms. The SMILES string of the molecule is COc1cc(C(=O)N2CCc3sccc3[C@@H]2C)cc(Cl)c1OC. The van der Waals surface area contributed by atoms with Crippen LogP contribution in [-0.2, 0) is 6.42 Å². The summed E-state index contributed by atoms with van der Waals surface area (Å²) in [7, 11) is 3.06. The van der Waals surface area contributed by atoms with Crippen LogP contribution in [0.3, 0.4) is 0 Å². The smallest absolute Gasteiger partial charge is 0.254 e. The molecule has 0 saturated carbocycles. The van der Waals surface area contributed by atoms with Crippen molar-refractivity contribution in [2.75, 3.05) is 20.8 Å². The number of carbonyl (C=O) groups excluding carboxylic acids is 1. The van der Waals surface area contributed by atoms with Crippen molar-refractivity contribution in [2.45, 2.75) is 19.4 Å². The Morgan fingerprint density at radius 1 is 1.35 bits per heavy atom. The molecule has 1 aliphatic heterocycles. The molecule has 2 aromatic rings. The highest BCUT2D eigenvalue weighted by Gasteiger charge is 2.29. The zero-order valence-corrected chi connectivity index (χ0v) is 14.8. The minimum atomic E-state index is -0.0443. The molecule has 0 aliphatic carbocycles. The number of thiophene rings is 1. The van der Waals surface area contributed by atoms with Crippen LogP contribution >= 0.6 is 22.9 Å². The van der Waals surface area contributed by atoms with Crippen molar-refractivity contribution in [3.05, 3.63) is 44.6 Å². The first-order valence-corrected chi connectivity index (χ1v) is 8.61. The van der Waals surface area contributed by atoms with Crippen molar-refractivity contribution in [1.82, 2.24) is 4.90 Å². The number of amides is 1. The number of hydrogen-bond acceptors (Lipinski definition) is 4. The molecule has 1 aromatic carbocycles. The van der Waals surface area contributed by atoms with Gasteiger partial charge in [0.1, 0.15) is 0 Å². The summed E-state index contributed by atoms with van der Waals surface area (Å²) in [4.78, 5) is 16.2. The average molecular weight is 352 g/mol. The fourth-order valence-corrected chi connectivity index (χ4v) is 4.24. The summed E-state index contributed by atoms with van der Waals surface area (Å²) in [5.74, 6) is 0.860. The molecule has 6 heteroatoms. The van der Waals surface area contributed by atoms with E-state index in [1.807, 2.05) is 4.90 Å². The second-order valence-electron chi connectivity index (χ2n) is 5.42. The van der Waals surface area contributed by atoms with Gasteiger partial charge in [-0.2, -0.15) is 0 Å². The third kappa shape index (κ3) is 2.79. The van der Waals surface area contributed by atoms with Crippen LogP contribution in [0.5, 0.6) is 11.5 Å². The lowest BCUT2D eigenvalue weighted by Crippen LogP contribution is -2.38. The Labute approximate surface area is 144 Å². The summed E-state index contributed by atoms with van der Waals surface area (Å²) >= 11 is 7.98. The Bertz CT molecular complexity index is 743. The van der Waals surface area contributed by atoms with Gasteiger partial charge in [0.15, 0.2) is 11.5 Å². The highest BCUT2D eigenvalue weighted by molar-refractivity contribution is 7.10. The van der Waals surface area contributed by atoms with E-state index in [-0.39, 0.29) is 11.9 Å². The Morgan fingerprint density at radius 2 is 2.13 bits per heavy atom. The Kier molecular flexibility index (Phi) is 4.50. The molecule has 1 aromatic heterocycles. The molecule has 0 radical (unpaired) electrons. The summed E-state index contributed by atoms with van der Waals surface area (Å²) in [6.45, 7) is 2.77. The molecule has 2 heterocycles. The topological polar surface area (TPSA) is 38.8 Å². The van der Waals surface area contributed by atoms with Gasteiger partial charge in [-0.15, -0.1) is 11.3 Å². The van der Waals surface area contributed by atoms with E-state index in [9.17, 15) is 4.79 Å². The molecule has 3 rings (SSSR count). The minimum Gasteiger partial charge on any atom is -0.493 e. The molecule has 1 aliphatic rings. The Balaban J connectivity index is 1.94. The molecule has 1 atom stereocenters.